The highest BCUT2D eigenvalue weighted by molar-refractivity contribution is 7.07. The molecule has 0 aliphatic rings. The lowest BCUT2D eigenvalue weighted by Crippen LogP contribution is -2.42. The maximum atomic E-state index is 3.64. The maximum absolute atomic E-state index is 3.64. The lowest BCUT2D eigenvalue weighted by molar-refractivity contribution is 0.334. The quantitative estimate of drug-likeness (QED) is 0.760. The average Bonchev–Trinajstić information content (AvgIpc) is 2.70. The molecule has 1 heterocycles. The molecule has 1 aromatic rings. The van der Waals surface area contributed by atoms with E-state index < -0.39 is 0 Å². The van der Waals surface area contributed by atoms with Crippen LogP contribution >= 0.6 is 11.3 Å². The summed E-state index contributed by atoms with van der Waals surface area (Å²) in [6, 6.07) is 2.21. The predicted octanol–water partition coefficient (Wildman–Crippen LogP) is 3.46. The standard InChI is InChI=1S/C12H21NS/c1-4-12(3,5-2)13-8-6-11-7-9-14-10-11/h7,9-10,13H,4-6,8H2,1-3H3. The fourth-order valence-electron chi connectivity index (χ4n) is 1.44. The van der Waals surface area contributed by atoms with E-state index in [1.165, 1.54) is 18.4 Å². The highest BCUT2D eigenvalue weighted by Gasteiger charge is 2.17. The van der Waals surface area contributed by atoms with E-state index in [9.17, 15) is 0 Å². The molecule has 1 N–H and O–H groups in total. The smallest absolute Gasteiger partial charge is 0.0148 e. The first-order chi connectivity index (χ1) is 6.70. The predicted molar refractivity (Wildman–Crippen MR) is 65.0 cm³/mol. The topological polar surface area (TPSA) is 12.0 Å². The molecule has 0 radical (unpaired) electrons. The maximum Gasteiger partial charge on any atom is 0.0148 e. The largest absolute Gasteiger partial charge is 0.311 e. The Hall–Kier alpha value is -0.340. The number of thiophene rings is 1. The lowest BCUT2D eigenvalue weighted by atomic mass is 9.95. The molecule has 0 bridgehead atoms. The van der Waals surface area contributed by atoms with E-state index >= 15 is 0 Å². The van der Waals surface area contributed by atoms with Gasteiger partial charge in [0.2, 0.25) is 0 Å². The first-order valence-electron chi connectivity index (χ1n) is 5.46. The summed E-state index contributed by atoms with van der Waals surface area (Å²) in [5.41, 5.74) is 1.78. The van der Waals surface area contributed by atoms with Gasteiger partial charge in [0, 0.05) is 5.54 Å². The van der Waals surface area contributed by atoms with Crippen LogP contribution in [0.4, 0.5) is 0 Å². The fourth-order valence-corrected chi connectivity index (χ4v) is 2.15. The minimum Gasteiger partial charge on any atom is -0.311 e. The van der Waals surface area contributed by atoms with Crippen LogP contribution in [0.25, 0.3) is 0 Å². The van der Waals surface area contributed by atoms with Gasteiger partial charge in [-0.15, -0.1) is 0 Å². The Morgan fingerprint density at radius 2 is 2.07 bits per heavy atom. The zero-order chi connectivity index (χ0) is 10.4. The Morgan fingerprint density at radius 3 is 2.57 bits per heavy atom. The number of hydrogen-bond donors (Lipinski definition) is 1. The summed E-state index contributed by atoms with van der Waals surface area (Å²) >= 11 is 1.78. The fraction of sp³-hybridized carbons (Fsp3) is 0.667. The van der Waals surface area contributed by atoms with Gasteiger partial charge in [-0.2, -0.15) is 11.3 Å². The van der Waals surface area contributed by atoms with E-state index in [0.717, 1.165) is 13.0 Å². The van der Waals surface area contributed by atoms with Crippen molar-refractivity contribution in [1.29, 1.82) is 0 Å². The first-order valence-corrected chi connectivity index (χ1v) is 6.40. The molecule has 0 aliphatic carbocycles. The van der Waals surface area contributed by atoms with Crippen LogP contribution in [0.5, 0.6) is 0 Å². The Kier molecular flexibility index (Phi) is 4.63. The van der Waals surface area contributed by atoms with Gasteiger partial charge in [-0.05, 0) is 55.1 Å². The van der Waals surface area contributed by atoms with Crippen molar-refractivity contribution in [2.75, 3.05) is 6.54 Å². The van der Waals surface area contributed by atoms with E-state index in [1.807, 2.05) is 0 Å². The summed E-state index contributed by atoms with van der Waals surface area (Å²) in [7, 11) is 0. The molecule has 0 aromatic carbocycles. The lowest BCUT2D eigenvalue weighted by Gasteiger charge is -2.28. The van der Waals surface area contributed by atoms with Gasteiger partial charge in [-0.1, -0.05) is 13.8 Å². The average molecular weight is 211 g/mol. The number of nitrogens with one attached hydrogen (secondary N) is 1. The van der Waals surface area contributed by atoms with Crippen LogP contribution in [0.15, 0.2) is 16.8 Å². The second kappa shape index (κ2) is 5.52. The summed E-state index contributed by atoms with van der Waals surface area (Å²) in [6.45, 7) is 7.90. The van der Waals surface area contributed by atoms with Crippen LogP contribution in [0.1, 0.15) is 39.2 Å². The summed E-state index contributed by atoms with van der Waals surface area (Å²) in [5, 5.41) is 8.02. The number of hydrogen-bond acceptors (Lipinski definition) is 2. The van der Waals surface area contributed by atoms with Gasteiger partial charge in [-0.3, -0.25) is 0 Å². The van der Waals surface area contributed by atoms with Gasteiger partial charge in [0.05, 0.1) is 0 Å². The molecule has 1 nitrogen and oxygen atoms in total. The van der Waals surface area contributed by atoms with Gasteiger partial charge in [0.1, 0.15) is 0 Å². The zero-order valence-electron chi connectivity index (χ0n) is 9.47. The van der Waals surface area contributed by atoms with Crippen LogP contribution in [-0.4, -0.2) is 12.1 Å². The molecule has 0 saturated carbocycles. The molecule has 2 heteroatoms. The van der Waals surface area contributed by atoms with Crippen LogP contribution in [0.3, 0.4) is 0 Å². The Morgan fingerprint density at radius 1 is 1.36 bits per heavy atom. The third-order valence-corrected chi connectivity index (χ3v) is 3.84. The molecule has 0 fully saturated rings. The van der Waals surface area contributed by atoms with Crippen molar-refractivity contribution in [1.82, 2.24) is 5.32 Å². The summed E-state index contributed by atoms with van der Waals surface area (Å²) in [6.07, 6.45) is 3.55. The molecule has 0 atom stereocenters. The van der Waals surface area contributed by atoms with Crippen LogP contribution in [-0.2, 0) is 6.42 Å². The minimum atomic E-state index is 0.329. The normalized spacial score (nSPS) is 11.9. The Labute approximate surface area is 91.5 Å². The van der Waals surface area contributed by atoms with Crippen molar-refractivity contribution in [3.63, 3.8) is 0 Å². The molecule has 1 rings (SSSR count). The summed E-state index contributed by atoms with van der Waals surface area (Å²) in [5.74, 6) is 0. The minimum absolute atomic E-state index is 0.329. The van der Waals surface area contributed by atoms with Crippen molar-refractivity contribution >= 4 is 11.3 Å². The van der Waals surface area contributed by atoms with Gasteiger partial charge in [0.25, 0.3) is 0 Å². The van der Waals surface area contributed by atoms with Gasteiger partial charge in [-0.25, -0.2) is 0 Å². The molecular formula is C12H21NS. The number of rotatable bonds is 6. The van der Waals surface area contributed by atoms with Crippen LogP contribution < -0.4 is 5.32 Å². The second-order valence-corrected chi connectivity index (χ2v) is 4.86. The highest BCUT2D eigenvalue weighted by Crippen LogP contribution is 2.13. The van der Waals surface area contributed by atoms with Crippen LogP contribution in [0, 0.1) is 0 Å². The van der Waals surface area contributed by atoms with E-state index in [2.05, 4.69) is 42.9 Å². The molecule has 0 saturated heterocycles. The molecule has 0 unspecified atom stereocenters. The van der Waals surface area contributed by atoms with Gasteiger partial charge >= 0.3 is 0 Å². The van der Waals surface area contributed by atoms with Crippen molar-refractivity contribution in [3.8, 4) is 0 Å². The molecular weight excluding hydrogens is 190 g/mol. The summed E-state index contributed by atoms with van der Waals surface area (Å²) < 4.78 is 0. The Balaban J connectivity index is 2.27. The van der Waals surface area contributed by atoms with E-state index in [0.29, 0.717) is 5.54 Å². The van der Waals surface area contributed by atoms with E-state index in [1.54, 1.807) is 11.3 Å². The van der Waals surface area contributed by atoms with Crippen molar-refractivity contribution < 1.29 is 0 Å². The van der Waals surface area contributed by atoms with Gasteiger partial charge in [0.15, 0.2) is 0 Å². The first kappa shape index (κ1) is 11.7. The third kappa shape index (κ3) is 3.43. The molecule has 0 aliphatic heterocycles. The van der Waals surface area contributed by atoms with Crippen molar-refractivity contribution in [2.45, 2.75) is 45.6 Å². The summed E-state index contributed by atoms with van der Waals surface area (Å²) in [4.78, 5) is 0. The van der Waals surface area contributed by atoms with Crippen molar-refractivity contribution in [3.05, 3.63) is 22.4 Å². The van der Waals surface area contributed by atoms with Crippen molar-refractivity contribution in [2.24, 2.45) is 0 Å². The zero-order valence-corrected chi connectivity index (χ0v) is 10.3. The molecule has 14 heavy (non-hydrogen) atoms. The monoisotopic (exact) mass is 211 g/mol. The highest BCUT2D eigenvalue weighted by atomic mass is 32.1. The molecule has 0 spiro atoms. The third-order valence-electron chi connectivity index (χ3n) is 3.11. The second-order valence-electron chi connectivity index (χ2n) is 4.08. The SMILES string of the molecule is CCC(C)(CC)NCCc1ccsc1. The van der Waals surface area contributed by atoms with E-state index in [4.69, 9.17) is 0 Å². The molecule has 0 amide bonds. The Bertz CT molecular complexity index is 237. The van der Waals surface area contributed by atoms with E-state index in [-0.39, 0.29) is 0 Å². The van der Waals surface area contributed by atoms with Crippen LogP contribution in [0.2, 0.25) is 0 Å². The molecule has 80 valence electrons. The molecule has 1 aromatic heterocycles. The van der Waals surface area contributed by atoms with Gasteiger partial charge < -0.3 is 5.32 Å².